The van der Waals surface area contributed by atoms with Gasteiger partial charge in [0.2, 0.25) is 5.88 Å². The molecular formula is C13H12N4O. The predicted molar refractivity (Wildman–Crippen MR) is 67.4 cm³/mol. The predicted octanol–water partition coefficient (Wildman–Crippen LogP) is 2.57. The van der Waals surface area contributed by atoms with Crippen LogP contribution in [0.2, 0.25) is 0 Å². The normalized spacial score (nSPS) is 9.56. The Kier molecular flexibility index (Phi) is 3.72. The quantitative estimate of drug-likeness (QED) is 0.889. The summed E-state index contributed by atoms with van der Waals surface area (Å²) in [4.78, 5) is 8.26. The second kappa shape index (κ2) is 5.64. The summed E-state index contributed by atoms with van der Waals surface area (Å²) in [6.45, 7) is 2.74. The van der Waals surface area contributed by atoms with Crippen molar-refractivity contribution in [2.24, 2.45) is 0 Å². The lowest BCUT2D eigenvalue weighted by Crippen LogP contribution is -2.00. The van der Waals surface area contributed by atoms with Crippen LogP contribution in [0, 0.1) is 11.3 Å². The SMILES string of the molecule is CCNc1cncc(Oc2cccc(C#N)c2)n1. The molecule has 1 aromatic heterocycles. The first-order valence-electron chi connectivity index (χ1n) is 5.55. The van der Waals surface area contributed by atoms with E-state index in [9.17, 15) is 0 Å². The van der Waals surface area contributed by atoms with Crippen LogP contribution in [0.25, 0.3) is 0 Å². The van der Waals surface area contributed by atoms with E-state index in [1.54, 1.807) is 30.5 Å². The van der Waals surface area contributed by atoms with Crippen molar-refractivity contribution in [3.05, 3.63) is 42.2 Å². The van der Waals surface area contributed by atoms with Gasteiger partial charge in [-0.05, 0) is 25.1 Å². The van der Waals surface area contributed by atoms with Crippen LogP contribution in [0.5, 0.6) is 11.6 Å². The first-order chi connectivity index (χ1) is 8.81. The van der Waals surface area contributed by atoms with Crippen LogP contribution in [0.1, 0.15) is 12.5 Å². The highest BCUT2D eigenvalue weighted by Crippen LogP contribution is 2.20. The van der Waals surface area contributed by atoms with Gasteiger partial charge in [-0.15, -0.1) is 0 Å². The van der Waals surface area contributed by atoms with Crippen LogP contribution in [-0.2, 0) is 0 Å². The molecule has 1 aromatic carbocycles. The highest BCUT2D eigenvalue weighted by Gasteiger charge is 2.02. The van der Waals surface area contributed by atoms with Crippen LogP contribution in [0.3, 0.4) is 0 Å². The summed E-state index contributed by atoms with van der Waals surface area (Å²) < 4.78 is 5.54. The molecule has 0 atom stereocenters. The van der Waals surface area contributed by atoms with Crippen molar-refractivity contribution < 1.29 is 4.74 Å². The zero-order valence-electron chi connectivity index (χ0n) is 9.92. The van der Waals surface area contributed by atoms with Crippen molar-refractivity contribution in [1.29, 1.82) is 5.26 Å². The van der Waals surface area contributed by atoms with Crippen LogP contribution in [0.4, 0.5) is 5.82 Å². The third kappa shape index (κ3) is 2.95. The molecule has 0 fully saturated rings. The summed E-state index contributed by atoms with van der Waals surface area (Å²) in [5, 5.41) is 11.8. The lowest BCUT2D eigenvalue weighted by molar-refractivity contribution is 0.461. The number of hydrogen-bond donors (Lipinski definition) is 1. The van der Waals surface area contributed by atoms with E-state index >= 15 is 0 Å². The Morgan fingerprint density at radius 1 is 1.39 bits per heavy atom. The smallest absolute Gasteiger partial charge is 0.239 e. The fourth-order valence-electron chi connectivity index (χ4n) is 1.41. The van der Waals surface area contributed by atoms with Crippen molar-refractivity contribution in [3.8, 4) is 17.7 Å². The second-order valence-electron chi connectivity index (χ2n) is 3.51. The van der Waals surface area contributed by atoms with Gasteiger partial charge in [-0.3, -0.25) is 4.98 Å². The number of nitrogens with one attached hydrogen (secondary N) is 1. The fraction of sp³-hybridized carbons (Fsp3) is 0.154. The summed E-state index contributed by atoms with van der Waals surface area (Å²) in [5.74, 6) is 1.62. The van der Waals surface area contributed by atoms with Crippen molar-refractivity contribution in [1.82, 2.24) is 9.97 Å². The van der Waals surface area contributed by atoms with Gasteiger partial charge >= 0.3 is 0 Å². The Morgan fingerprint density at radius 2 is 2.28 bits per heavy atom. The minimum Gasteiger partial charge on any atom is -0.437 e. The average Bonchev–Trinajstić information content (AvgIpc) is 2.40. The molecule has 0 spiro atoms. The van der Waals surface area contributed by atoms with Crippen molar-refractivity contribution >= 4 is 5.82 Å². The number of ether oxygens (including phenoxy) is 1. The van der Waals surface area contributed by atoms with Gasteiger partial charge in [0.1, 0.15) is 11.6 Å². The van der Waals surface area contributed by atoms with Gasteiger partial charge < -0.3 is 10.1 Å². The van der Waals surface area contributed by atoms with Gasteiger partial charge in [0.25, 0.3) is 0 Å². The first-order valence-corrected chi connectivity index (χ1v) is 5.55. The van der Waals surface area contributed by atoms with Gasteiger partial charge in [0.15, 0.2) is 0 Å². The number of rotatable bonds is 4. The Hall–Kier alpha value is -2.61. The molecule has 0 unspecified atom stereocenters. The monoisotopic (exact) mass is 240 g/mol. The third-order valence-electron chi connectivity index (χ3n) is 2.16. The Balaban J connectivity index is 2.18. The molecule has 1 N–H and O–H groups in total. The van der Waals surface area contributed by atoms with E-state index in [0.717, 1.165) is 6.54 Å². The topological polar surface area (TPSA) is 70.8 Å². The molecule has 1 heterocycles. The molecule has 5 nitrogen and oxygen atoms in total. The molecule has 0 aliphatic rings. The lowest BCUT2D eigenvalue weighted by atomic mass is 10.2. The molecule has 18 heavy (non-hydrogen) atoms. The number of nitrogens with zero attached hydrogens (tertiary/aromatic N) is 3. The number of aromatic nitrogens is 2. The van der Waals surface area contributed by atoms with E-state index in [0.29, 0.717) is 23.0 Å². The standard InChI is InChI=1S/C13H12N4O/c1-2-16-12-8-15-9-13(17-12)18-11-5-3-4-10(6-11)7-14/h3-6,8-9H,2H2,1H3,(H,16,17). The maximum absolute atomic E-state index is 8.80. The molecule has 0 saturated heterocycles. The number of anilines is 1. The average molecular weight is 240 g/mol. The fourth-order valence-corrected chi connectivity index (χ4v) is 1.41. The number of nitriles is 1. The lowest BCUT2D eigenvalue weighted by Gasteiger charge is -2.06. The highest BCUT2D eigenvalue weighted by molar-refractivity contribution is 5.39. The molecule has 5 heteroatoms. The molecule has 2 aromatic rings. The highest BCUT2D eigenvalue weighted by atomic mass is 16.5. The van der Waals surface area contributed by atoms with Gasteiger partial charge in [-0.1, -0.05) is 6.07 Å². The van der Waals surface area contributed by atoms with Gasteiger partial charge in [-0.2, -0.15) is 10.2 Å². The largest absolute Gasteiger partial charge is 0.437 e. The van der Waals surface area contributed by atoms with Gasteiger partial charge in [0.05, 0.1) is 24.0 Å². The summed E-state index contributed by atoms with van der Waals surface area (Å²) in [7, 11) is 0. The molecular weight excluding hydrogens is 228 g/mol. The summed E-state index contributed by atoms with van der Waals surface area (Å²) in [6.07, 6.45) is 3.15. The van der Waals surface area contributed by atoms with Crippen LogP contribution in [0.15, 0.2) is 36.7 Å². The van der Waals surface area contributed by atoms with E-state index in [4.69, 9.17) is 10.00 Å². The Bertz CT molecular complexity index is 577. The molecule has 2 rings (SSSR count). The first kappa shape index (κ1) is 11.9. The van der Waals surface area contributed by atoms with Crippen molar-refractivity contribution in [2.45, 2.75) is 6.92 Å². The maximum Gasteiger partial charge on any atom is 0.239 e. The molecule has 90 valence electrons. The van der Waals surface area contributed by atoms with E-state index in [2.05, 4.69) is 21.4 Å². The summed E-state index contributed by atoms with van der Waals surface area (Å²) in [5.41, 5.74) is 0.545. The van der Waals surface area contributed by atoms with E-state index in [1.807, 2.05) is 6.92 Å². The zero-order chi connectivity index (χ0) is 12.8. The van der Waals surface area contributed by atoms with Gasteiger partial charge in [-0.25, -0.2) is 0 Å². The summed E-state index contributed by atoms with van der Waals surface area (Å²) >= 11 is 0. The molecule has 0 aliphatic heterocycles. The third-order valence-corrected chi connectivity index (χ3v) is 2.16. The van der Waals surface area contributed by atoms with E-state index < -0.39 is 0 Å². The number of hydrogen-bond acceptors (Lipinski definition) is 5. The minimum absolute atomic E-state index is 0.392. The molecule has 0 bridgehead atoms. The maximum atomic E-state index is 8.80. The molecule has 0 aliphatic carbocycles. The molecule has 0 amide bonds. The molecule has 0 radical (unpaired) electrons. The van der Waals surface area contributed by atoms with Crippen LogP contribution in [-0.4, -0.2) is 16.5 Å². The molecule has 0 saturated carbocycles. The zero-order valence-corrected chi connectivity index (χ0v) is 9.92. The second-order valence-corrected chi connectivity index (χ2v) is 3.51. The number of benzene rings is 1. The van der Waals surface area contributed by atoms with Crippen LogP contribution < -0.4 is 10.1 Å². The summed E-state index contributed by atoms with van der Waals surface area (Å²) in [6, 6.07) is 8.95. The van der Waals surface area contributed by atoms with Crippen LogP contribution >= 0.6 is 0 Å². The Morgan fingerprint density at radius 3 is 3.06 bits per heavy atom. The minimum atomic E-state index is 0.392. The van der Waals surface area contributed by atoms with E-state index in [1.165, 1.54) is 6.20 Å². The van der Waals surface area contributed by atoms with E-state index in [-0.39, 0.29) is 0 Å². The van der Waals surface area contributed by atoms with Crippen molar-refractivity contribution in [3.63, 3.8) is 0 Å². The Labute approximate surface area is 105 Å². The van der Waals surface area contributed by atoms with Gasteiger partial charge in [0, 0.05) is 6.54 Å². The van der Waals surface area contributed by atoms with Crippen molar-refractivity contribution in [2.75, 3.05) is 11.9 Å².